The number of aliphatic imine (C=N–C) groups is 1. The number of hydrogen-bond donors (Lipinski definition) is 2. The fourth-order valence-corrected chi connectivity index (χ4v) is 4.15. The monoisotopic (exact) mass is 522 g/mol. The number of rotatable bonds is 6. The summed E-state index contributed by atoms with van der Waals surface area (Å²) in [6, 6.07) is 4.77. The van der Waals surface area contributed by atoms with Gasteiger partial charge in [0.25, 0.3) is 0 Å². The summed E-state index contributed by atoms with van der Waals surface area (Å²) in [7, 11) is 1.75. The summed E-state index contributed by atoms with van der Waals surface area (Å²) in [5.74, 6) is -0.698. The van der Waals surface area contributed by atoms with Gasteiger partial charge in [0.2, 0.25) is 0 Å². The van der Waals surface area contributed by atoms with Crippen molar-refractivity contribution in [2.24, 2.45) is 4.99 Å². The maximum atomic E-state index is 13.2. The SMILES string of the molecule is CN=C(NCCOc1ccc(F)c(F)c1)NC1CCN(C2CCCCC2)CC1.I. The van der Waals surface area contributed by atoms with Gasteiger partial charge < -0.3 is 20.3 Å². The molecule has 0 amide bonds. The van der Waals surface area contributed by atoms with E-state index in [1.54, 1.807) is 7.05 Å². The lowest BCUT2D eigenvalue weighted by atomic mass is 9.92. The summed E-state index contributed by atoms with van der Waals surface area (Å²) in [5.41, 5.74) is 0. The zero-order valence-electron chi connectivity index (χ0n) is 17.1. The number of nitrogens with one attached hydrogen (secondary N) is 2. The third kappa shape index (κ3) is 7.55. The Morgan fingerprint density at radius 2 is 1.83 bits per heavy atom. The van der Waals surface area contributed by atoms with Crippen LogP contribution in [0.2, 0.25) is 0 Å². The molecule has 0 bridgehead atoms. The van der Waals surface area contributed by atoms with Crippen LogP contribution < -0.4 is 15.4 Å². The zero-order valence-corrected chi connectivity index (χ0v) is 19.5. The van der Waals surface area contributed by atoms with Gasteiger partial charge in [-0.2, -0.15) is 0 Å². The molecule has 1 heterocycles. The second kappa shape index (κ2) is 12.5. The lowest BCUT2D eigenvalue weighted by Crippen LogP contribution is -2.51. The molecule has 1 aromatic rings. The molecular weight excluding hydrogens is 489 g/mol. The molecule has 2 aliphatic rings. The highest BCUT2D eigenvalue weighted by atomic mass is 127. The van der Waals surface area contributed by atoms with Crippen molar-refractivity contribution in [2.75, 3.05) is 33.3 Å². The van der Waals surface area contributed by atoms with Crippen molar-refractivity contribution in [3.8, 4) is 5.75 Å². The number of guanidine groups is 1. The van der Waals surface area contributed by atoms with Crippen LogP contribution in [0.1, 0.15) is 44.9 Å². The molecule has 29 heavy (non-hydrogen) atoms. The van der Waals surface area contributed by atoms with Crippen molar-refractivity contribution in [3.63, 3.8) is 0 Å². The predicted octanol–water partition coefficient (Wildman–Crippen LogP) is 3.92. The Bertz CT molecular complexity index is 648. The first kappa shape index (κ1) is 24.1. The minimum atomic E-state index is -0.900. The Balaban J connectivity index is 0.00000300. The first-order valence-electron chi connectivity index (χ1n) is 10.4. The summed E-state index contributed by atoms with van der Waals surface area (Å²) in [6.45, 7) is 3.17. The van der Waals surface area contributed by atoms with Crippen LogP contribution in [0.25, 0.3) is 0 Å². The standard InChI is InChI=1S/C21H32F2N4O.HI/c1-24-21(25-11-14-28-18-7-8-19(22)20(23)15-18)26-16-9-12-27(13-10-16)17-5-3-2-4-6-17;/h7-8,15-17H,2-6,9-14H2,1H3,(H2,24,25,26);1H. The molecule has 0 radical (unpaired) electrons. The third-order valence-electron chi connectivity index (χ3n) is 5.74. The second-order valence-electron chi connectivity index (χ2n) is 7.67. The smallest absolute Gasteiger partial charge is 0.191 e. The number of ether oxygens (including phenoxy) is 1. The second-order valence-corrected chi connectivity index (χ2v) is 7.67. The Morgan fingerprint density at radius 3 is 2.48 bits per heavy atom. The van der Waals surface area contributed by atoms with Crippen molar-refractivity contribution in [1.82, 2.24) is 15.5 Å². The average molecular weight is 522 g/mol. The zero-order chi connectivity index (χ0) is 19.8. The van der Waals surface area contributed by atoms with Crippen molar-refractivity contribution in [2.45, 2.75) is 57.0 Å². The molecule has 5 nitrogen and oxygen atoms in total. The van der Waals surface area contributed by atoms with E-state index in [1.807, 2.05) is 0 Å². The topological polar surface area (TPSA) is 48.9 Å². The van der Waals surface area contributed by atoms with Crippen molar-refractivity contribution < 1.29 is 13.5 Å². The summed E-state index contributed by atoms with van der Waals surface area (Å²) >= 11 is 0. The largest absolute Gasteiger partial charge is 0.492 e. The molecule has 1 aromatic carbocycles. The molecule has 1 saturated carbocycles. The van der Waals surface area contributed by atoms with Gasteiger partial charge >= 0.3 is 0 Å². The van der Waals surface area contributed by atoms with Crippen molar-refractivity contribution in [1.29, 1.82) is 0 Å². The molecule has 3 rings (SSSR count). The third-order valence-corrected chi connectivity index (χ3v) is 5.74. The van der Waals surface area contributed by atoms with Crippen molar-refractivity contribution >= 4 is 29.9 Å². The van der Waals surface area contributed by atoms with Gasteiger partial charge in [0.1, 0.15) is 12.4 Å². The van der Waals surface area contributed by atoms with Gasteiger partial charge in [-0.1, -0.05) is 19.3 Å². The highest BCUT2D eigenvalue weighted by molar-refractivity contribution is 14.0. The molecule has 2 fully saturated rings. The van der Waals surface area contributed by atoms with E-state index in [-0.39, 0.29) is 24.0 Å². The number of likely N-dealkylation sites (tertiary alicyclic amines) is 1. The van der Waals surface area contributed by atoms with E-state index < -0.39 is 11.6 Å². The van der Waals surface area contributed by atoms with Gasteiger partial charge in [0, 0.05) is 38.3 Å². The number of hydrogen-bond acceptors (Lipinski definition) is 3. The molecular formula is C21H33F2IN4O. The molecule has 164 valence electrons. The van der Waals surface area contributed by atoms with E-state index in [9.17, 15) is 8.78 Å². The van der Waals surface area contributed by atoms with E-state index in [0.29, 0.717) is 24.9 Å². The maximum absolute atomic E-state index is 13.2. The van der Waals surface area contributed by atoms with Crippen LogP contribution in [0, 0.1) is 11.6 Å². The van der Waals surface area contributed by atoms with Gasteiger partial charge in [0.05, 0.1) is 6.54 Å². The normalized spacial score (nSPS) is 19.5. The average Bonchev–Trinajstić information content (AvgIpc) is 2.74. The molecule has 0 aromatic heterocycles. The Kier molecular flexibility index (Phi) is 10.4. The summed E-state index contributed by atoms with van der Waals surface area (Å²) < 4.78 is 31.5. The minimum Gasteiger partial charge on any atom is -0.492 e. The molecule has 8 heteroatoms. The molecule has 0 spiro atoms. The van der Waals surface area contributed by atoms with Gasteiger partial charge in [-0.05, 0) is 37.8 Å². The molecule has 0 atom stereocenters. The number of benzene rings is 1. The van der Waals surface area contributed by atoms with E-state index in [2.05, 4.69) is 20.5 Å². The highest BCUT2D eigenvalue weighted by Crippen LogP contribution is 2.25. The van der Waals surface area contributed by atoms with Crippen molar-refractivity contribution in [3.05, 3.63) is 29.8 Å². The minimum absolute atomic E-state index is 0. The van der Waals surface area contributed by atoms with E-state index >= 15 is 0 Å². The summed E-state index contributed by atoms with van der Waals surface area (Å²) in [5, 5.41) is 6.71. The first-order chi connectivity index (χ1) is 13.7. The summed E-state index contributed by atoms with van der Waals surface area (Å²) in [4.78, 5) is 6.95. The van der Waals surface area contributed by atoms with Crippen LogP contribution in [0.4, 0.5) is 8.78 Å². The van der Waals surface area contributed by atoms with Gasteiger partial charge in [0.15, 0.2) is 17.6 Å². The molecule has 1 saturated heterocycles. The molecule has 1 aliphatic carbocycles. The fourth-order valence-electron chi connectivity index (χ4n) is 4.15. The van der Waals surface area contributed by atoms with E-state index in [1.165, 1.54) is 38.2 Å². The predicted molar refractivity (Wildman–Crippen MR) is 123 cm³/mol. The molecule has 1 aliphatic heterocycles. The lowest BCUT2D eigenvalue weighted by molar-refractivity contribution is 0.119. The Morgan fingerprint density at radius 1 is 1.10 bits per heavy atom. The van der Waals surface area contributed by atoms with Crippen LogP contribution >= 0.6 is 24.0 Å². The molecule has 2 N–H and O–H groups in total. The van der Waals surface area contributed by atoms with Crippen LogP contribution in [0.15, 0.2) is 23.2 Å². The Hall–Kier alpha value is -1.16. The van der Waals surface area contributed by atoms with Crippen LogP contribution in [0.3, 0.4) is 0 Å². The van der Waals surface area contributed by atoms with Gasteiger partial charge in [-0.15, -0.1) is 24.0 Å². The Labute approximate surface area is 189 Å². The highest BCUT2D eigenvalue weighted by Gasteiger charge is 2.26. The lowest BCUT2D eigenvalue weighted by Gasteiger charge is -2.39. The molecule has 0 unspecified atom stereocenters. The van der Waals surface area contributed by atoms with Gasteiger partial charge in [-0.3, -0.25) is 4.99 Å². The van der Waals surface area contributed by atoms with E-state index in [4.69, 9.17) is 4.74 Å². The fraction of sp³-hybridized carbons (Fsp3) is 0.667. The maximum Gasteiger partial charge on any atom is 0.191 e. The number of halogens is 3. The van der Waals surface area contributed by atoms with E-state index in [0.717, 1.165) is 50.1 Å². The van der Waals surface area contributed by atoms with Crippen LogP contribution in [-0.2, 0) is 0 Å². The number of nitrogens with zero attached hydrogens (tertiary/aromatic N) is 2. The quantitative estimate of drug-likeness (QED) is 0.258. The summed E-state index contributed by atoms with van der Waals surface area (Å²) in [6.07, 6.45) is 9.14. The van der Waals surface area contributed by atoms with Crippen LogP contribution in [-0.4, -0.2) is 56.2 Å². The number of piperidine rings is 1. The van der Waals surface area contributed by atoms with Crippen LogP contribution in [0.5, 0.6) is 5.75 Å². The van der Waals surface area contributed by atoms with Gasteiger partial charge in [-0.25, -0.2) is 8.78 Å². The first-order valence-corrected chi connectivity index (χ1v) is 10.4.